The molecule has 0 saturated heterocycles. The van der Waals surface area contributed by atoms with Gasteiger partial charge in [-0.15, -0.1) is 0 Å². The van der Waals surface area contributed by atoms with Crippen LogP contribution >= 0.6 is 0 Å². The van der Waals surface area contributed by atoms with E-state index in [-0.39, 0.29) is 24.6 Å². The van der Waals surface area contributed by atoms with Crippen molar-refractivity contribution >= 4 is 5.91 Å². The van der Waals surface area contributed by atoms with E-state index < -0.39 is 0 Å². The second kappa shape index (κ2) is 8.67. The van der Waals surface area contributed by atoms with E-state index in [2.05, 4.69) is 30.5 Å². The van der Waals surface area contributed by atoms with E-state index in [1.54, 1.807) is 0 Å². The molecule has 118 valence electrons. The third kappa shape index (κ3) is 5.76. The third-order valence-corrected chi connectivity index (χ3v) is 3.56. The summed E-state index contributed by atoms with van der Waals surface area (Å²) in [5, 5.41) is 6.15. The fourth-order valence-corrected chi connectivity index (χ4v) is 2.24. The van der Waals surface area contributed by atoms with E-state index in [1.807, 2.05) is 33.0 Å². The predicted octanol–water partition coefficient (Wildman–Crippen LogP) is 2.96. The summed E-state index contributed by atoms with van der Waals surface area (Å²) in [5.74, 6) is 0.704. The highest BCUT2D eigenvalue weighted by Crippen LogP contribution is 2.26. The predicted molar refractivity (Wildman–Crippen MR) is 86.7 cm³/mol. The normalized spacial score (nSPS) is 13.6. The van der Waals surface area contributed by atoms with Gasteiger partial charge in [-0.05, 0) is 45.9 Å². The Morgan fingerprint density at radius 3 is 2.67 bits per heavy atom. The van der Waals surface area contributed by atoms with E-state index >= 15 is 0 Å². The summed E-state index contributed by atoms with van der Waals surface area (Å²) >= 11 is 0. The summed E-state index contributed by atoms with van der Waals surface area (Å²) in [7, 11) is 1.91. The molecule has 0 aromatic heterocycles. The van der Waals surface area contributed by atoms with Gasteiger partial charge in [-0.2, -0.15) is 0 Å². The zero-order chi connectivity index (χ0) is 15.8. The Labute approximate surface area is 128 Å². The van der Waals surface area contributed by atoms with Gasteiger partial charge in [-0.3, -0.25) is 4.79 Å². The van der Waals surface area contributed by atoms with E-state index in [0.29, 0.717) is 0 Å². The number of hydrogen-bond donors (Lipinski definition) is 2. The SMILES string of the molecule is CCCC(C)NC(=O)COc1cc(C)ccc1C(C)NC. The standard InChI is InChI=1S/C17H28N2O2/c1-6-7-13(3)19-17(20)11-21-16-10-12(2)8-9-15(16)14(4)18-5/h8-10,13-14,18H,6-7,11H2,1-5H3,(H,19,20). The number of ether oxygens (including phenoxy) is 1. The van der Waals surface area contributed by atoms with Crippen LogP contribution in [0.15, 0.2) is 18.2 Å². The largest absolute Gasteiger partial charge is 0.483 e. The van der Waals surface area contributed by atoms with E-state index in [1.165, 1.54) is 0 Å². The summed E-state index contributed by atoms with van der Waals surface area (Å²) in [6.07, 6.45) is 2.04. The van der Waals surface area contributed by atoms with Crippen molar-refractivity contribution in [3.63, 3.8) is 0 Å². The lowest BCUT2D eigenvalue weighted by atomic mass is 10.1. The number of aryl methyl sites for hydroxylation is 1. The van der Waals surface area contributed by atoms with Crippen LogP contribution in [0.5, 0.6) is 5.75 Å². The fourth-order valence-electron chi connectivity index (χ4n) is 2.24. The quantitative estimate of drug-likeness (QED) is 0.774. The van der Waals surface area contributed by atoms with Gasteiger partial charge in [0.25, 0.3) is 5.91 Å². The number of nitrogens with one attached hydrogen (secondary N) is 2. The lowest BCUT2D eigenvalue weighted by Gasteiger charge is -2.18. The molecule has 0 saturated carbocycles. The zero-order valence-corrected chi connectivity index (χ0v) is 13.8. The van der Waals surface area contributed by atoms with Gasteiger partial charge in [0, 0.05) is 17.6 Å². The van der Waals surface area contributed by atoms with Crippen molar-refractivity contribution in [3.8, 4) is 5.75 Å². The average molecular weight is 292 g/mol. The molecule has 0 heterocycles. The Morgan fingerprint density at radius 2 is 2.05 bits per heavy atom. The first-order valence-corrected chi connectivity index (χ1v) is 7.67. The molecule has 4 nitrogen and oxygen atoms in total. The number of amides is 1. The summed E-state index contributed by atoms with van der Waals surface area (Å²) in [5.41, 5.74) is 2.19. The highest BCUT2D eigenvalue weighted by molar-refractivity contribution is 5.77. The van der Waals surface area contributed by atoms with E-state index in [4.69, 9.17) is 4.74 Å². The lowest BCUT2D eigenvalue weighted by molar-refractivity contribution is -0.123. The monoisotopic (exact) mass is 292 g/mol. The van der Waals surface area contributed by atoms with Crippen LogP contribution in [-0.4, -0.2) is 25.6 Å². The molecule has 0 aliphatic rings. The molecule has 2 N–H and O–H groups in total. The summed E-state index contributed by atoms with van der Waals surface area (Å²) in [6, 6.07) is 6.46. The molecule has 0 radical (unpaired) electrons. The molecular weight excluding hydrogens is 264 g/mol. The molecule has 1 aromatic rings. The smallest absolute Gasteiger partial charge is 0.258 e. The topological polar surface area (TPSA) is 50.4 Å². The summed E-state index contributed by atoms with van der Waals surface area (Å²) in [6.45, 7) is 8.27. The molecule has 2 unspecified atom stereocenters. The van der Waals surface area contributed by atoms with Crippen molar-refractivity contribution in [2.24, 2.45) is 0 Å². The van der Waals surface area contributed by atoms with Crippen molar-refractivity contribution in [2.45, 2.75) is 52.6 Å². The van der Waals surface area contributed by atoms with Crippen molar-refractivity contribution in [1.82, 2.24) is 10.6 Å². The number of hydrogen-bond acceptors (Lipinski definition) is 3. The summed E-state index contributed by atoms with van der Waals surface area (Å²) < 4.78 is 5.73. The van der Waals surface area contributed by atoms with Crippen molar-refractivity contribution in [1.29, 1.82) is 0 Å². The van der Waals surface area contributed by atoms with Crippen molar-refractivity contribution < 1.29 is 9.53 Å². The van der Waals surface area contributed by atoms with Crippen LogP contribution in [0.4, 0.5) is 0 Å². The van der Waals surface area contributed by atoms with E-state index in [9.17, 15) is 4.79 Å². The van der Waals surface area contributed by atoms with Crippen LogP contribution in [0.3, 0.4) is 0 Å². The molecule has 0 spiro atoms. The molecule has 4 heteroatoms. The fraction of sp³-hybridized carbons (Fsp3) is 0.588. The van der Waals surface area contributed by atoms with Crippen molar-refractivity contribution in [3.05, 3.63) is 29.3 Å². The van der Waals surface area contributed by atoms with Gasteiger partial charge < -0.3 is 15.4 Å². The Kier molecular flexibility index (Phi) is 7.23. The second-order valence-corrected chi connectivity index (χ2v) is 5.60. The Balaban J connectivity index is 2.65. The highest BCUT2D eigenvalue weighted by Gasteiger charge is 2.12. The maximum atomic E-state index is 11.9. The van der Waals surface area contributed by atoms with Gasteiger partial charge in [-0.1, -0.05) is 25.5 Å². The van der Waals surface area contributed by atoms with Crippen LogP contribution in [0.1, 0.15) is 50.8 Å². The minimum atomic E-state index is -0.0690. The Morgan fingerprint density at radius 1 is 1.33 bits per heavy atom. The molecule has 1 rings (SSSR count). The number of benzene rings is 1. The van der Waals surface area contributed by atoms with Gasteiger partial charge >= 0.3 is 0 Å². The maximum Gasteiger partial charge on any atom is 0.258 e. The highest BCUT2D eigenvalue weighted by atomic mass is 16.5. The van der Waals surface area contributed by atoms with Crippen LogP contribution in [-0.2, 0) is 4.79 Å². The van der Waals surface area contributed by atoms with Crippen LogP contribution < -0.4 is 15.4 Å². The van der Waals surface area contributed by atoms with Gasteiger partial charge in [-0.25, -0.2) is 0 Å². The second-order valence-electron chi connectivity index (χ2n) is 5.60. The average Bonchev–Trinajstić information content (AvgIpc) is 2.44. The van der Waals surface area contributed by atoms with Crippen LogP contribution in [0.25, 0.3) is 0 Å². The van der Waals surface area contributed by atoms with Crippen molar-refractivity contribution in [2.75, 3.05) is 13.7 Å². The van der Waals surface area contributed by atoms with Gasteiger partial charge in [0.15, 0.2) is 6.61 Å². The van der Waals surface area contributed by atoms with E-state index in [0.717, 1.165) is 29.7 Å². The molecule has 1 aromatic carbocycles. The van der Waals surface area contributed by atoms with Crippen LogP contribution in [0.2, 0.25) is 0 Å². The Bertz CT molecular complexity index is 460. The van der Waals surface area contributed by atoms with Crippen LogP contribution in [0, 0.1) is 6.92 Å². The minimum absolute atomic E-state index is 0.0565. The molecule has 0 bridgehead atoms. The molecule has 0 aliphatic carbocycles. The molecule has 0 aliphatic heterocycles. The molecule has 2 atom stereocenters. The first-order valence-electron chi connectivity index (χ1n) is 7.67. The molecular formula is C17H28N2O2. The minimum Gasteiger partial charge on any atom is -0.483 e. The first kappa shape index (κ1) is 17.5. The third-order valence-electron chi connectivity index (χ3n) is 3.56. The number of carbonyl (C=O) groups excluding carboxylic acids is 1. The van der Waals surface area contributed by atoms with Gasteiger partial charge in [0.2, 0.25) is 0 Å². The summed E-state index contributed by atoms with van der Waals surface area (Å²) in [4.78, 5) is 11.9. The number of rotatable bonds is 8. The lowest BCUT2D eigenvalue weighted by Crippen LogP contribution is -2.36. The molecule has 0 fully saturated rings. The molecule has 1 amide bonds. The number of carbonyl (C=O) groups is 1. The first-order chi connectivity index (χ1) is 9.97. The zero-order valence-electron chi connectivity index (χ0n) is 13.8. The Hall–Kier alpha value is -1.55. The molecule has 21 heavy (non-hydrogen) atoms. The maximum absolute atomic E-state index is 11.9. The van der Waals surface area contributed by atoms with Gasteiger partial charge in [0.1, 0.15) is 5.75 Å². The van der Waals surface area contributed by atoms with Gasteiger partial charge in [0.05, 0.1) is 0 Å².